The number of hydrogen-bond donors (Lipinski definition) is 1. The second-order valence-corrected chi connectivity index (χ2v) is 5.75. The monoisotopic (exact) mass is 252 g/mol. The van der Waals surface area contributed by atoms with Gasteiger partial charge in [-0.25, -0.2) is 9.78 Å². The van der Waals surface area contributed by atoms with Crippen LogP contribution in [-0.4, -0.2) is 28.6 Å². The number of hydrogen-bond acceptors (Lipinski definition) is 4. The van der Waals surface area contributed by atoms with E-state index < -0.39 is 5.97 Å². The van der Waals surface area contributed by atoms with Gasteiger partial charge in [0.2, 0.25) is 0 Å². The summed E-state index contributed by atoms with van der Waals surface area (Å²) in [6, 6.07) is 0.608. The fourth-order valence-electron chi connectivity index (χ4n) is 3.19. The van der Waals surface area contributed by atoms with E-state index in [9.17, 15) is 4.79 Å². The minimum Gasteiger partial charge on any atom is -0.476 e. The van der Waals surface area contributed by atoms with E-state index in [1.54, 1.807) is 5.38 Å². The molecule has 0 radical (unpaired) electrons. The SMILES string of the molecule is O=C(O)c1csc(N2CCCC3CCCC32)n1. The van der Waals surface area contributed by atoms with Crippen LogP contribution in [0.1, 0.15) is 42.6 Å². The maximum Gasteiger partial charge on any atom is 0.355 e. The van der Waals surface area contributed by atoms with Gasteiger partial charge in [-0.3, -0.25) is 0 Å². The number of aromatic carboxylic acids is 1. The summed E-state index contributed by atoms with van der Waals surface area (Å²) in [6.45, 7) is 1.04. The summed E-state index contributed by atoms with van der Waals surface area (Å²) in [4.78, 5) is 17.4. The van der Waals surface area contributed by atoms with Crippen molar-refractivity contribution in [3.8, 4) is 0 Å². The van der Waals surface area contributed by atoms with Crippen molar-refractivity contribution in [3.05, 3.63) is 11.1 Å². The summed E-state index contributed by atoms with van der Waals surface area (Å²) in [5.41, 5.74) is 0.185. The molecular formula is C12H16N2O2S. The van der Waals surface area contributed by atoms with E-state index >= 15 is 0 Å². The normalized spacial score (nSPS) is 28.1. The van der Waals surface area contributed by atoms with Crippen LogP contribution in [0.2, 0.25) is 0 Å². The molecule has 3 rings (SSSR count). The Kier molecular flexibility index (Phi) is 2.78. The summed E-state index contributed by atoms with van der Waals surface area (Å²) >= 11 is 1.47. The molecule has 2 heterocycles. The first-order valence-electron chi connectivity index (χ1n) is 6.21. The lowest BCUT2D eigenvalue weighted by Gasteiger charge is -2.37. The summed E-state index contributed by atoms with van der Waals surface area (Å²) in [6.07, 6.45) is 6.43. The second-order valence-electron chi connectivity index (χ2n) is 4.91. The predicted octanol–water partition coefficient (Wildman–Crippen LogP) is 2.61. The highest BCUT2D eigenvalue weighted by Gasteiger charge is 2.36. The number of anilines is 1. The first kappa shape index (κ1) is 11.0. The van der Waals surface area contributed by atoms with E-state index in [0.717, 1.165) is 17.6 Å². The number of nitrogens with zero attached hydrogens (tertiary/aromatic N) is 2. The van der Waals surface area contributed by atoms with Gasteiger partial charge < -0.3 is 10.0 Å². The molecular weight excluding hydrogens is 236 g/mol. The molecule has 0 spiro atoms. The lowest BCUT2D eigenvalue weighted by molar-refractivity contribution is 0.0691. The molecule has 1 saturated carbocycles. The second kappa shape index (κ2) is 4.29. The topological polar surface area (TPSA) is 53.4 Å². The molecule has 1 aromatic heterocycles. The zero-order chi connectivity index (χ0) is 11.8. The van der Waals surface area contributed by atoms with Crippen molar-refractivity contribution in [1.82, 2.24) is 4.98 Å². The van der Waals surface area contributed by atoms with Gasteiger partial charge in [0.25, 0.3) is 0 Å². The van der Waals surface area contributed by atoms with Gasteiger partial charge in [-0.1, -0.05) is 6.42 Å². The highest BCUT2D eigenvalue weighted by molar-refractivity contribution is 7.13. The van der Waals surface area contributed by atoms with Crippen LogP contribution >= 0.6 is 11.3 Å². The Bertz CT molecular complexity index is 432. The van der Waals surface area contributed by atoms with Crippen molar-refractivity contribution in [2.45, 2.75) is 38.1 Å². The molecule has 2 fully saturated rings. The van der Waals surface area contributed by atoms with Crippen molar-refractivity contribution in [1.29, 1.82) is 0 Å². The van der Waals surface area contributed by atoms with Crippen molar-refractivity contribution in [2.24, 2.45) is 5.92 Å². The summed E-state index contributed by atoms with van der Waals surface area (Å²) < 4.78 is 0. The van der Waals surface area contributed by atoms with Gasteiger partial charge >= 0.3 is 5.97 Å². The Balaban J connectivity index is 1.84. The van der Waals surface area contributed by atoms with Gasteiger partial charge in [0.15, 0.2) is 10.8 Å². The van der Waals surface area contributed by atoms with Gasteiger partial charge in [-0.15, -0.1) is 11.3 Å². The van der Waals surface area contributed by atoms with Crippen molar-refractivity contribution < 1.29 is 9.90 Å². The molecule has 2 unspecified atom stereocenters. The first-order chi connectivity index (χ1) is 8.25. The minimum atomic E-state index is -0.924. The third-order valence-corrected chi connectivity index (χ3v) is 4.83. The average molecular weight is 252 g/mol. The van der Waals surface area contributed by atoms with Crippen molar-refractivity contribution in [3.63, 3.8) is 0 Å². The predicted molar refractivity (Wildman–Crippen MR) is 66.8 cm³/mol. The minimum absolute atomic E-state index is 0.185. The van der Waals surface area contributed by atoms with E-state index in [-0.39, 0.29) is 5.69 Å². The summed E-state index contributed by atoms with van der Waals surface area (Å²) in [5.74, 6) is -0.117. The Morgan fingerprint density at radius 3 is 3.00 bits per heavy atom. The maximum atomic E-state index is 10.9. The van der Waals surface area contributed by atoms with Crippen molar-refractivity contribution in [2.75, 3.05) is 11.4 Å². The van der Waals surface area contributed by atoms with Crippen LogP contribution in [0.4, 0.5) is 5.13 Å². The Morgan fingerprint density at radius 1 is 1.41 bits per heavy atom. The molecule has 2 atom stereocenters. The number of carbonyl (C=O) groups is 1. The Hall–Kier alpha value is -1.10. The van der Waals surface area contributed by atoms with Gasteiger partial charge in [0.1, 0.15) is 0 Å². The number of aromatic nitrogens is 1. The van der Waals surface area contributed by atoms with Crippen LogP contribution in [0.25, 0.3) is 0 Å². The van der Waals surface area contributed by atoms with Gasteiger partial charge in [-0.05, 0) is 31.6 Å². The molecule has 1 aromatic rings. The highest BCUT2D eigenvalue weighted by Crippen LogP contribution is 2.39. The molecule has 4 nitrogen and oxygen atoms in total. The lowest BCUT2D eigenvalue weighted by atomic mass is 9.92. The summed E-state index contributed by atoms with van der Waals surface area (Å²) in [7, 11) is 0. The standard InChI is InChI=1S/C12H16N2O2S/c15-11(16)9-7-17-12(13-9)14-6-2-4-8-3-1-5-10(8)14/h7-8,10H,1-6H2,(H,15,16). The zero-order valence-corrected chi connectivity index (χ0v) is 10.4. The molecule has 1 aliphatic carbocycles. The molecule has 0 aromatic carbocycles. The van der Waals surface area contributed by atoms with Gasteiger partial charge in [0.05, 0.1) is 0 Å². The summed E-state index contributed by atoms with van der Waals surface area (Å²) in [5, 5.41) is 11.5. The fraction of sp³-hybridized carbons (Fsp3) is 0.667. The molecule has 1 aliphatic heterocycles. The van der Waals surface area contributed by atoms with E-state index in [1.165, 1.54) is 43.4 Å². The Labute approximate surface area is 104 Å². The number of thiazole rings is 1. The van der Waals surface area contributed by atoms with Gasteiger partial charge in [-0.2, -0.15) is 0 Å². The van der Waals surface area contributed by atoms with Crippen LogP contribution in [0.5, 0.6) is 0 Å². The quantitative estimate of drug-likeness (QED) is 0.879. The number of piperidine rings is 1. The molecule has 0 bridgehead atoms. The average Bonchev–Trinajstić information content (AvgIpc) is 2.97. The van der Waals surface area contributed by atoms with Crippen LogP contribution in [0.3, 0.4) is 0 Å². The molecule has 1 saturated heterocycles. The molecule has 0 amide bonds. The van der Waals surface area contributed by atoms with E-state index in [0.29, 0.717) is 6.04 Å². The number of fused-ring (bicyclic) bond motifs is 1. The third kappa shape index (κ3) is 1.92. The smallest absolute Gasteiger partial charge is 0.355 e. The van der Waals surface area contributed by atoms with Crippen LogP contribution in [-0.2, 0) is 0 Å². The zero-order valence-electron chi connectivity index (χ0n) is 9.63. The fourth-order valence-corrected chi connectivity index (χ4v) is 4.07. The number of rotatable bonds is 2. The van der Waals surface area contributed by atoms with E-state index in [4.69, 9.17) is 5.11 Å². The van der Waals surface area contributed by atoms with Crippen LogP contribution in [0.15, 0.2) is 5.38 Å². The largest absolute Gasteiger partial charge is 0.476 e. The number of carboxylic acid groups (broad SMARTS) is 1. The van der Waals surface area contributed by atoms with Crippen molar-refractivity contribution >= 4 is 22.4 Å². The molecule has 2 aliphatic rings. The molecule has 17 heavy (non-hydrogen) atoms. The molecule has 1 N–H and O–H groups in total. The maximum absolute atomic E-state index is 10.9. The van der Waals surface area contributed by atoms with E-state index in [2.05, 4.69) is 9.88 Å². The molecule has 5 heteroatoms. The van der Waals surface area contributed by atoms with Crippen LogP contribution in [0, 0.1) is 5.92 Å². The highest BCUT2D eigenvalue weighted by atomic mass is 32.1. The first-order valence-corrected chi connectivity index (χ1v) is 7.09. The lowest BCUT2D eigenvalue weighted by Crippen LogP contribution is -2.42. The Morgan fingerprint density at radius 2 is 2.24 bits per heavy atom. The number of carboxylic acids is 1. The molecule has 92 valence electrons. The van der Waals surface area contributed by atoms with E-state index in [1.807, 2.05) is 0 Å². The third-order valence-electron chi connectivity index (χ3n) is 3.95. The van der Waals surface area contributed by atoms with Crippen LogP contribution < -0.4 is 4.90 Å². The van der Waals surface area contributed by atoms with Gasteiger partial charge in [0, 0.05) is 18.0 Å².